The van der Waals surface area contributed by atoms with Crippen molar-refractivity contribution in [3.8, 4) is 5.75 Å². The number of β-amino-alcohol motifs (C(OH)–C–C–N with tert-alkyl or cyclic N) is 1. The summed E-state index contributed by atoms with van der Waals surface area (Å²) in [4.78, 5) is 10.4. The number of piperidine rings is 1. The SMILES string of the molecule is COc1ccc(F)cc1[C@H](O)CN1CCC[C@@H](c2nc3ccccc3[nH]2)C1. The number of rotatable bonds is 5. The van der Waals surface area contributed by atoms with E-state index in [4.69, 9.17) is 9.72 Å². The molecular weight excluding hydrogens is 345 g/mol. The van der Waals surface area contributed by atoms with Crippen LogP contribution in [0.1, 0.15) is 36.3 Å². The third-order valence-electron chi connectivity index (χ3n) is 5.28. The lowest BCUT2D eigenvalue weighted by atomic mass is 9.96. The minimum atomic E-state index is -0.801. The van der Waals surface area contributed by atoms with Crippen molar-refractivity contribution in [1.29, 1.82) is 0 Å². The molecule has 2 atom stereocenters. The van der Waals surface area contributed by atoms with Crippen LogP contribution in [-0.2, 0) is 0 Å². The van der Waals surface area contributed by atoms with Gasteiger partial charge in [0.2, 0.25) is 0 Å². The fraction of sp³-hybridized carbons (Fsp3) is 0.381. The number of para-hydroxylation sites is 2. The Labute approximate surface area is 157 Å². The number of methoxy groups -OCH3 is 1. The molecule has 6 heteroatoms. The number of aromatic nitrogens is 2. The number of nitrogens with one attached hydrogen (secondary N) is 1. The number of nitrogens with zero attached hydrogens (tertiary/aromatic N) is 2. The van der Waals surface area contributed by atoms with Crippen molar-refractivity contribution in [2.24, 2.45) is 0 Å². The fourth-order valence-electron chi connectivity index (χ4n) is 3.92. The summed E-state index contributed by atoms with van der Waals surface area (Å²) < 4.78 is 18.9. The number of fused-ring (bicyclic) bond motifs is 1. The van der Waals surface area contributed by atoms with Gasteiger partial charge in [-0.05, 0) is 49.7 Å². The van der Waals surface area contributed by atoms with Gasteiger partial charge in [0.1, 0.15) is 17.4 Å². The van der Waals surface area contributed by atoms with Gasteiger partial charge >= 0.3 is 0 Å². The molecule has 4 rings (SSSR count). The van der Waals surface area contributed by atoms with E-state index in [0.717, 1.165) is 42.8 Å². The van der Waals surface area contributed by atoms with Crippen LogP contribution in [0.4, 0.5) is 4.39 Å². The van der Waals surface area contributed by atoms with Crippen LogP contribution in [0.3, 0.4) is 0 Å². The Hall–Kier alpha value is -2.44. The van der Waals surface area contributed by atoms with Crippen LogP contribution in [0.5, 0.6) is 5.75 Å². The Morgan fingerprint density at radius 2 is 2.19 bits per heavy atom. The Balaban J connectivity index is 1.47. The zero-order chi connectivity index (χ0) is 18.8. The van der Waals surface area contributed by atoms with E-state index in [1.165, 1.54) is 19.2 Å². The molecule has 2 heterocycles. The maximum absolute atomic E-state index is 13.6. The number of benzene rings is 2. The summed E-state index contributed by atoms with van der Waals surface area (Å²) in [6.45, 7) is 2.16. The van der Waals surface area contributed by atoms with E-state index >= 15 is 0 Å². The van der Waals surface area contributed by atoms with Gasteiger partial charge in [0.05, 0.1) is 24.2 Å². The Kier molecular flexibility index (Phi) is 5.09. The first-order valence-corrected chi connectivity index (χ1v) is 9.32. The molecule has 1 aliphatic rings. The van der Waals surface area contributed by atoms with Crippen LogP contribution in [0.2, 0.25) is 0 Å². The summed E-state index contributed by atoms with van der Waals surface area (Å²) in [7, 11) is 1.53. The molecule has 27 heavy (non-hydrogen) atoms. The minimum absolute atomic E-state index is 0.299. The molecule has 1 aromatic heterocycles. The quantitative estimate of drug-likeness (QED) is 0.721. The second-order valence-electron chi connectivity index (χ2n) is 7.14. The smallest absolute Gasteiger partial charge is 0.124 e. The maximum Gasteiger partial charge on any atom is 0.124 e. The van der Waals surface area contributed by atoms with Crippen LogP contribution in [0.15, 0.2) is 42.5 Å². The number of hydrogen-bond donors (Lipinski definition) is 2. The highest BCUT2D eigenvalue weighted by atomic mass is 19.1. The van der Waals surface area contributed by atoms with E-state index in [-0.39, 0.29) is 5.82 Å². The number of ether oxygens (including phenoxy) is 1. The Morgan fingerprint density at radius 3 is 3.00 bits per heavy atom. The van der Waals surface area contributed by atoms with Gasteiger partial charge in [0.15, 0.2) is 0 Å². The number of likely N-dealkylation sites (tertiary alicyclic amines) is 1. The van der Waals surface area contributed by atoms with Crippen molar-refractivity contribution < 1.29 is 14.2 Å². The van der Waals surface area contributed by atoms with Gasteiger partial charge in [-0.15, -0.1) is 0 Å². The number of hydrogen-bond acceptors (Lipinski definition) is 4. The molecule has 2 N–H and O–H groups in total. The molecule has 0 aliphatic carbocycles. The summed E-state index contributed by atoms with van der Waals surface area (Å²) in [5.41, 5.74) is 2.52. The lowest BCUT2D eigenvalue weighted by molar-refractivity contribution is 0.0926. The van der Waals surface area contributed by atoms with Crippen molar-refractivity contribution in [2.75, 3.05) is 26.7 Å². The lowest BCUT2D eigenvalue weighted by Gasteiger charge is -2.33. The van der Waals surface area contributed by atoms with E-state index in [0.29, 0.717) is 23.8 Å². The predicted molar refractivity (Wildman–Crippen MR) is 102 cm³/mol. The second kappa shape index (κ2) is 7.66. The molecule has 1 saturated heterocycles. The number of imidazole rings is 1. The van der Waals surface area contributed by atoms with Crippen LogP contribution in [0, 0.1) is 5.82 Å². The van der Waals surface area contributed by atoms with Crippen LogP contribution >= 0.6 is 0 Å². The van der Waals surface area contributed by atoms with E-state index in [9.17, 15) is 9.50 Å². The molecule has 0 radical (unpaired) electrons. The van der Waals surface area contributed by atoms with Crippen molar-refractivity contribution in [3.05, 3.63) is 59.7 Å². The van der Waals surface area contributed by atoms with E-state index < -0.39 is 6.10 Å². The molecular formula is C21H24FN3O2. The number of aliphatic hydroxyl groups excluding tert-OH is 1. The average Bonchev–Trinajstić information content (AvgIpc) is 3.12. The highest BCUT2D eigenvalue weighted by Gasteiger charge is 2.26. The van der Waals surface area contributed by atoms with Gasteiger partial charge in [-0.2, -0.15) is 0 Å². The third kappa shape index (κ3) is 3.82. The normalized spacial score (nSPS) is 19.3. The molecule has 1 fully saturated rings. The van der Waals surface area contributed by atoms with Gasteiger partial charge in [-0.25, -0.2) is 9.37 Å². The second-order valence-corrected chi connectivity index (χ2v) is 7.14. The minimum Gasteiger partial charge on any atom is -0.496 e. The molecule has 142 valence electrons. The summed E-state index contributed by atoms with van der Waals surface area (Å²) in [6, 6.07) is 12.3. The van der Waals surface area contributed by atoms with Crippen molar-refractivity contribution in [1.82, 2.24) is 14.9 Å². The maximum atomic E-state index is 13.6. The van der Waals surface area contributed by atoms with Gasteiger partial charge in [0.25, 0.3) is 0 Å². The zero-order valence-corrected chi connectivity index (χ0v) is 15.4. The molecule has 2 aromatic carbocycles. The molecule has 1 aliphatic heterocycles. The first kappa shape index (κ1) is 17.9. The summed E-state index contributed by atoms with van der Waals surface area (Å²) in [6.07, 6.45) is 1.30. The molecule has 0 unspecified atom stereocenters. The molecule has 0 bridgehead atoms. The van der Waals surface area contributed by atoms with Crippen molar-refractivity contribution in [2.45, 2.75) is 24.9 Å². The first-order chi connectivity index (χ1) is 13.1. The van der Waals surface area contributed by atoms with E-state index in [1.807, 2.05) is 24.3 Å². The number of halogens is 1. The fourth-order valence-corrected chi connectivity index (χ4v) is 3.92. The van der Waals surface area contributed by atoms with Crippen LogP contribution in [-0.4, -0.2) is 46.7 Å². The van der Waals surface area contributed by atoms with Gasteiger partial charge in [0, 0.05) is 24.6 Å². The lowest BCUT2D eigenvalue weighted by Crippen LogP contribution is -2.37. The highest BCUT2D eigenvalue weighted by Crippen LogP contribution is 2.30. The first-order valence-electron chi connectivity index (χ1n) is 9.32. The molecule has 5 nitrogen and oxygen atoms in total. The largest absolute Gasteiger partial charge is 0.496 e. The summed E-state index contributed by atoms with van der Waals surface area (Å²) in [5.74, 6) is 1.44. The number of aromatic amines is 1. The van der Waals surface area contributed by atoms with Gasteiger partial charge < -0.3 is 14.8 Å². The zero-order valence-electron chi connectivity index (χ0n) is 15.4. The molecule has 3 aromatic rings. The van der Waals surface area contributed by atoms with Gasteiger partial charge in [-0.3, -0.25) is 4.90 Å². The molecule has 0 spiro atoms. The predicted octanol–water partition coefficient (Wildman–Crippen LogP) is 3.62. The van der Waals surface area contributed by atoms with Crippen LogP contribution in [0.25, 0.3) is 11.0 Å². The highest BCUT2D eigenvalue weighted by molar-refractivity contribution is 5.74. The van der Waals surface area contributed by atoms with Crippen LogP contribution < -0.4 is 4.74 Å². The average molecular weight is 369 g/mol. The van der Waals surface area contributed by atoms with Crippen molar-refractivity contribution >= 4 is 11.0 Å². The molecule has 0 amide bonds. The number of aliphatic hydroxyl groups is 1. The Bertz CT molecular complexity index is 894. The third-order valence-corrected chi connectivity index (χ3v) is 5.28. The molecule has 0 saturated carbocycles. The topological polar surface area (TPSA) is 61.4 Å². The summed E-state index contributed by atoms with van der Waals surface area (Å²) in [5, 5.41) is 10.7. The monoisotopic (exact) mass is 369 g/mol. The standard InChI is InChI=1S/C21H24FN3O2/c1-27-20-9-8-15(22)11-16(20)19(26)13-25-10-4-5-14(12-25)21-23-17-6-2-3-7-18(17)24-21/h2-3,6-9,11,14,19,26H,4-5,10,12-13H2,1H3,(H,23,24)/t14-,19-/m1/s1. The van der Waals surface area contributed by atoms with E-state index in [1.54, 1.807) is 6.07 Å². The number of H-pyrrole nitrogens is 1. The Morgan fingerprint density at radius 1 is 1.33 bits per heavy atom. The summed E-state index contributed by atoms with van der Waals surface area (Å²) >= 11 is 0. The van der Waals surface area contributed by atoms with Gasteiger partial charge in [-0.1, -0.05) is 12.1 Å². The van der Waals surface area contributed by atoms with Crippen molar-refractivity contribution in [3.63, 3.8) is 0 Å². The van der Waals surface area contributed by atoms with E-state index in [2.05, 4.69) is 9.88 Å².